The van der Waals surface area contributed by atoms with Crippen molar-refractivity contribution in [1.82, 2.24) is 15.5 Å². The molecule has 3 amide bonds. The maximum absolute atomic E-state index is 13.3. The summed E-state index contributed by atoms with van der Waals surface area (Å²) in [4.78, 5) is 39.6. The molecule has 0 fully saturated rings. The molecule has 2 atom stereocenters. The van der Waals surface area contributed by atoms with E-state index in [0.29, 0.717) is 11.1 Å². The van der Waals surface area contributed by atoms with Crippen molar-refractivity contribution in [2.45, 2.75) is 64.8 Å². The standard InChI is InChI=1S/C24H31N3O4S/c1-9-16-11-13-17(14-12-16)19(20(28)26-23(3,4)5)27(10-2)21(29)18(15-32)25-22(30)31-24(6,7)8/h1-2,11-14,18-19,32H,15H2,3-8H3,(H,25,30)(H,26,28). The van der Waals surface area contributed by atoms with Gasteiger partial charge in [0.25, 0.3) is 5.91 Å². The van der Waals surface area contributed by atoms with Crippen LogP contribution < -0.4 is 10.6 Å². The average Bonchev–Trinajstić information content (AvgIpc) is 2.67. The number of hydrogen-bond donors (Lipinski definition) is 3. The molecule has 0 spiro atoms. The third-order valence-corrected chi connectivity index (χ3v) is 4.31. The van der Waals surface area contributed by atoms with Crippen LogP contribution >= 0.6 is 12.6 Å². The first-order chi connectivity index (χ1) is 14.7. The number of rotatable bonds is 6. The van der Waals surface area contributed by atoms with Gasteiger partial charge >= 0.3 is 6.09 Å². The zero-order valence-corrected chi connectivity index (χ0v) is 20.2. The van der Waals surface area contributed by atoms with Crippen LogP contribution in [0.5, 0.6) is 0 Å². The molecule has 0 aliphatic rings. The molecule has 0 saturated carbocycles. The fraction of sp³-hybridized carbons (Fsp3) is 0.458. The molecule has 1 rings (SSSR count). The Kier molecular flexibility index (Phi) is 9.23. The fourth-order valence-corrected chi connectivity index (χ4v) is 2.93. The summed E-state index contributed by atoms with van der Waals surface area (Å²) in [7, 11) is 0. The van der Waals surface area contributed by atoms with Crippen LogP contribution in [0.4, 0.5) is 4.79 Å². The zero-order valence-electron chi connectivity index (χ0n) is 19.4. The summed E-state index contributed by atoms with van der Waals surface area (Å²) in [5.74, 6) is 1.29. The second-order valence-corrected chi connectivity index (χ2v) is 9.49. The second kappa shape index (κ2) is 11.0. The number of benzene rings is 1. The summed E-state index contributed by atoms with van der Waals surface area (Å²) in [6, 6.07) is 6.60. The van der Waals surface area contributed by atoms with E-state index in [4.69, 9.17) is 17.6 Å². The molecule has 7 nitrogen and oxygen atoms in total. The number of alkyl carbamates (subject to hydrolysis) is 1. The number of nitrogens with zero attached hydrogens (tertiary/aromatic N) is 1. The molecule has 2 N–H and O–H groups in total. The van der Waals surface area contributed by atoms with E-state index in [1.165, 1.54) is 0 Å². The van der Waals surface area contributed by atoms with Crippen molar-refractivity contribution in [2.24, 2.45) is 0 Å². The number of hydrogen-bond acceptors (Lipinski definition) is 5. The Morgan fingerprint density at radius 2 is 1.66 bits per heavy atom. The average molecular weight is 458 g/mol. The first-order valence-electron chi connectivity index (χ1n) is 10.0. The maximum Gasteiger partial charge on any atom is 0.408 e. The smallest absolute Gasteiger partial charge is 0.408 e. The number of nitrogens with one attached hydrogen (secondary N) is 2. The van der Waals surface area contributed by atoms with Crippen molar-refractivity contribution in [1.29, 1.82) is 0 Å². The van der Waals surface area contributed by atoms with E-state index in [2.05, 4.69) is 35.2 Å². The minimum absolute atomic E-state index is 0.0557. The van der Waals surface area contributed by atoms with E-state index in [0.717, 1.165) is 4.90 Å². The predicted octanol–water partition coefficient (Wildman–Crippen LogP) is 2.87. The molecule has 0 aliphatic heterocycles. The minimum atomic E-state index is -1.15. The van der Waals surface area contributed by atoms with Gasteiger partial charge in [0.15, 0.2) is 0 Å². The van der Waals surface area contributed by atoms with Crippen LogP contribution in [0.15, 0.2) is 24.3 Å². The Morgan fingerprint density at radius 3 is 2.06 bits per heavy atom. The predicted molar refractivity (Wildman–Crippen MR) is 128 cm³/mol. The highest BCUT2D eigenvalue weighted by Gasteiger charge is 2.36. The Morgan fingerprint density at radius 1 is 1.09 bits per heavy atom. The highest BCUT2D eigenvalue weighted by atomic mass is 32.1. The van der Waals surface area contributed by atoms with E-state index in [1.807, 2.05) is 20.8 Å². The highest BCUT2D eigenvalue weighted by Crippen LogP contribution is 2.23. The van der Waals surface area contributed by atoms with Crippen LogP contribution in [-0.4, -0.2) is 45.7 Å². The van der Waals surface area contributed by atoms with Crippen molar-refractivity contribution >= 4 is 30.5 Å². The maximum atomic E-state index is 13.3. The minimum Gasteiger partial charge on any atom is -0.444 e. The van der Waals surface area contributed by atoms with E-state index in [-0.39, 0.29) is 5.75 Å². The van der Waals surface area contributed by atoms with E-state index in [9.17, 15) is 14.4 Å². The van der Waals surface area contributed by atoms with Crippen LogP contribution in [0.3, 0.4) is 0 Å². The second-order valence-electron chi connectivity index (χ2n) is 9.13. The fourth-order valence-electron chi connectivity index (χ4n) is 2.69. The van der Waals surface area contributed by atoms with Crippen molar-refractivity contribution in [3.8, 4) is 24.8 Å². The van der Waals surface area contributed by atoms with Gasteiger partial charge in [0, 0.05) is 22.9 Å². The van der Waals surface area contributed by atoms with Gasteiger partial charge in [-0.05, 0) is 59.2 Å². The molecule has 172 valence electrons. The zero-order chi connectivity index (χ0) is 24.7. The summed E-state index contributed by atoms with van der Waals surface area (Å²) >= 11 is 4.17. The Labute approximate surface area is 196 Å². The lowest BCUT2D eigenvalue weighted by atomic mass is 10.00. The SMILES string of the molecule is C#Cc1ccc(C(C(=O)NC(C)(C)C)N(C#C)C(=O)C(CS)NC(=O)OC(C)(C)C)cc1. The molecule has 2 unspecified atom stereocenters. The number of thiol groups is 1. The number of terminal acetylenes is 2. The van der Waals surface area contributed by atoms with Crippen LogP contribution in [0.25, 0.3) is 0 Å². The molecule has 0 aromatic heterocycles. The van der Waals surface area contributed by atoms with Crippen molar-refractivity contribution in [3.63, 3.8) is 0 Å². The van der Waals surface area contributed by atoms with Crippen LogP contribution in [0.1, 0.15) is 58.7 Å². The van der Waals surface area contributed by atoms with Crippen molar-refractivity contribution in [2.75, 3.05) is 5.75 Å². The van der Waals surface area contributed by atoms with Gasteiger partial charge in [-0.3, -0.25) is 14.5 Å². The molecule has 0 radical (unpaired) electrons. The molecule has 32 heavy (non-hydrogen) atoms. The molecule has 8 heteroatoms. The lowest BCUT2D eigenvalue weighted by Crippen LogP contribution is -2.53. The summed E-state index contributed by atoms with van der Waals surface area (Å²) in [6.07, 6.45) is 10.3. The summed E-state index contributed by atoms with van der Waals surface area (Å²) in [6.45, 7) is 10.5. The van der Waals surface area contributed by atoms with Crippen molar-refractivity contribution in [3.05, 3.63) is 35.4 Å². The molecular weight excluding hydrogens is 426 g/mol. The van der Waals surface area contributed by atoms with Gasteiger partial charge in [0.05, 0.1) is 0 Å². The highest BCUT2D eigenvalue weighted by molar-refractivity contribution is 7.80. The Bertz CT molecular complexity index is 915. The molecule has 0 heterocycles. The van der Waals surface area contributed by atoms with E-state index >= 15 is 0 Å². The van der Waals surface area contributed by atoms with Crippen molar-refractivity contribution < 1.29 is 19.1 Å². The first kappa shape index (κ1) is 26.9. The lowest BCUT2D eigenvalue weighted by Gasteiger charge is -2.32. The van der Waals surface area contributed by atoms with Gasteiger partial charge in [-0.2, -0.15) is 12.6 Å². The van der Waals surface area contributed by atoms with Gasteiger partial charge in [0.1, 0.15) is 17.7 Å². The van der Waals surface area contributed by atoms with Crippen LogP contribution in [0.2, 0.25) is 0 Å². The number of amides is 3. The first-order valence-corrected chi connectivity index (χ1v) is 10.6. The molecule has 1 aromatic rings. The van der Waals surface area contributed by atoms with Crippen LogP contribution in [0, 0.1) is 24.8 Å². The van der Waals surface area contributed by atoms with Gasteiger partial charge in [-0.25, -0.2) is 4.79 Å². The third kappa shape index (κ3) is 8.20. The normalized spacial score (nSPS) is 13.0. The lowest BCUT2D eigenvalue weighted by molar-refractivity contribution is -0.138. The quantitative estimate of drug-likeness (QED) is 0.348. The largest absolute Gasteiger partial charge is 0.444 e. The number of carbonyl (C=O) groups is 3. The van der Waals surface area contributed by atoms with Gasteiger partial charge in [-0.15, -0.1) is 6.42 Å². The summed E-state index contributed by atoms with van der Waals surface area (Å²) in [5.41, 5.74) is -0.252. The Balaban J connectivity index is 3.32. The van der Waals surface area contributed by atoms with E-state index in [1.54, 1.807) is 45.0 Å². The summed E-state index contributed by atoms with van der Waals surface area (Å²) < 4.78 is 5.21. The van der Waals surface area contributed by atoms with Gasteiger partial charge in [0.2, 0.25) is 5.91 Å². The molecule has 0 bridgehead atoms. The van der Waals surface area contributed by atoms with Gasteiger partial charge in [-0.1, -0.05) is 24.5 Å². The molecule has 0 aliphatic carbocycles. The number of ether oxygens (including phenoxy) is 1. The Hall–Kier alpha value is -3.10. The molecule has 0 saturated heterocycles. The third-order valence-electron chi connectivity index (χ3n) is 3.95. The van der Waals surface area contributed by atoms with E-state index < -0.39 is 41.1 Å². The molecular formula is C24H31N3O4S. The summed E-state index contributed by atoms with van der Waals surface area (Å²) in [5, 5.41) is 5.31. The number of carbonyl (C=O) groups excluding carboxylic acids is 3. The van der Waals surface area contributed by atoms with Gasteiger partial charge < -0.3 is 15.4 Å². The van der Waals surface area contributed by atoms with Crippen LogP contribution in [-0.2, 0) is 14.3 Å². The topological polar surface area (TPSA) is 87.7 Å². The molecule has 1 aromatic carbocycles. The monoisotopic (exact) mass is 457 g/mol.